The van der Waals surface area contributed by atoms with E-state index in [2.05, 4.69) is 32.9 Å². The summed E-state index contributed by atoms with van der Waals surface area (Å²) in [5.41, 5.74) is 0. The number of thioether (sulfide) groups is 1. The third-order valence-electron chi connectivity index (χ3n) is 3.68. The van der Waals surface area contributed by atoms with Gasteiger partial charge in [-0.3, -0.25) is 4.79 Å². The molecule has 0 fully saturated rings. The van der Waals surface area contributed by atoms with E-state index in [-0.39, 0.29) is 0 Å². The Hall–Kier alpha value is -0.240. The molecular formula is C19H36OS. The largest absolute Gasteiger partial charge is 0.287 e. The van der Waals surface area contributed by atoms with Crippen LogP contribution in [0.2, 0.25) is 0 Å². The zero-order valence-corrected chi connectivity index (χ0v) is 15.4. The second-order valence-corrected chi connectivity index (χ2v) is 7.42. The van der Waals surface area contributed by atoms with E-state index in [1.807, 2.05) is 0 Å². The molecule has 0 saturated heterocycles. The number of carbonyl (C=O) groups excluding carboxylic acids is 1. The highest BCUT2D eigenvalue weighted by Gasteiger charge is 2.06. The fourth-order valence-corrected chi connectivity index (χ4v) is 3.20. The molecule has 0 aromatic carbocycles. The van der Waals surface area contributed by atoms with Crippen molar-refractivity contribution in [1.29, 1.82) is 0 Å². The van der Waals surface area contributed by atoms with Crippen molar-refractivity contribution in [3.63, 3.8) is 0 Å². The summed E-state index contributed by atoms with van der Waals surface area (Å²) in [7, 11) is 0. The minimum absolute atomic E-state index is 0.337. The summed E-state index contributed by atoms with van der Waals surface area (Å²) >= 11 is 1.51. The van der Waals surface area contributed by atoms with Gasteiger partial charge in [0.1, 0.15) is 0 Å². The number of rotatable bonds is 14. The van der Waals surface area contributed by atoms with Crippen LogP contribution in [0.3, 0.4) is 0 Å². The van der Waals surface area contributed by atoms with Crippen molar-refractivity contribution in [2.45, 2.75) is 103 Å². The van der Waals surface area contributed by atoms with Gasteiger partial charge in [0.2, 0.25) is 0 Å². The highest BCUT2D eigenvalue weighted by atomic mass is 32.2. The summed E-state index contributed by atoms with van der Waals surface area (Å²) < 4.78 is 0. The summed E-state index contributed by atoms with van der Waals surface area (Å²) in [5, 5.41) is 0.706. The molecule has 124 valence electrons. The van der Waals surface area contributed by atoms with E-state index < -0.39 is 0 Å². The van der Waals surface area contributed by atoms with Crippen molar-refractivity contribution in [1.82, 2.24) is 0 Å². The molecule has 1 atom stereocenters. The monoisotopic (exact) mass is 312 g/mol. The zero-order chi connectivity index (χ0) is 15.8. The van der Waals surface area contributed by atoms with Gasteiger partial charge in [-0.1, -0.05) is 89.1 Å². The minimum atomic E-state index is 0.337. The third kappa shape index (κ3) is 16.0. The predicted molar refractivity (Wildman–Crippen MR) is 98.0 cm³/mol. The Balaban J connectivity index is 3.49. The fraction of sp³-hybridized carbons (Fsp3) is 0.842. The summed E-state index contributed by atoms with van der Waals surface area (Å²) in [6.07, 6.45) is 19.2. The average Bonchev–Trinajstić information content (AvgIpc) is 2.46. The molecule has 21 heavy (non-hydrogen) atoms. The SMILES string of the molecule is CCCCCC/C=C\C(C)SC(=O)CCCCCCCC. The van der Waals surface area contributed by atoms with Gasteiger partial charge in [0.05, 0.1) is 0 Å². The van der Waals surface area contributed by atoms with Crippen molar-refractivity contribution in [2.75, 3.05) is 0 Å². The van der Waals surface area contributed by atoms with Crippen LogP contribution in [-0.2, 0) is 4.79 Å². The highest BCUT2D eigenvalue weighted by Crippen LogP contribution is 2.18. The van der Waals surface area contributed by atoms with E-state index in [1.165, 1.54) is 69.5 Å². The second-order valence-electron chi connectivity index (χ2n) is 5.99. The number of hydrogen-bond donors (Lipinski definition) is 0. The lowest BCUT2D eigenvalue weighted by atomic mass is 10.1. The van der Waals surface area contributed by atoms with E-state index in [9.17, 15) is 4.79 Å². The number of allylic oxidation sites excluding steroid dienone is 1. The van der Waals surface area contributed by atoms with Crippen LogP contribution in [0.4, 0.5) is 0 Å². The number of hydrogen-bond acceptors (Lipinski definition) is 2. The van der Waals surface area contributed by atoms with Crippen LogP contribution in [0.15, 0.2) is 12.2 Å². The van der Waals surface area contributed by atoms with E-state index in [4.69, 9.17) is 0 Å². The maximum absolute atomic E-state index is 11.8. The molecule has 0 bridgehead atoms. The van der Waals surface area contributed by atoms with E-state index >= 15 is 0 Å². The Morgan fingerprint density at radius 2 is 1.48 bits per heavy atom. The van der Waals surface area contributed by atoms with Crippen molar-refractivity contribution in [3.05, 3.63) is 12.2 Å². The molecule has 0 spiro atoms. The van der Waals surface area contributed by atoms with Crippen LogP contribution in [0, 0.1) is 0 Å². The van der Waals surface area contributed by atoms with E-state index in [1.54, 1.807) is 0 Å². The lowest BCUT2D eigenvalue weighted by Gasteiger charge is -2.05. The molecule has 0 heterocycles. The molecule has 0 aliphatic heterocycles. The Kier molecular flexibility index (Phi) is 16.0. The van der Waals surface area contributed by atoms with Crippen molar-refractivity contribution in [2.24, 2.45) is 0 Å². The van der Waals surface area contributed by atoms with Crippen LogP contribution >= 0.6 is 11.8 Å². The normalized spacial score (nSPS) is 12.9. The van der Waals surface area contributed by atoms with Gasteiger partial charge in [-0.15, -0.1) is 0 Å². The molecule has 0 aliphatic rings. The van der Waals surface area contributed by atoms with Gasteiger partial charge in [-0.2, -0.15) is 0 Å². The molecule has 0 N–H and O–H groups in total. The molecule has 0 saturated carbocycles. The minimum Gasteiger partial charge on any atom is -0.287 e. The third-order valence-corrected chi connectivity index (χ3v) is 4.68. The fourth-order valence-electron chi connectivity index (χ4n) is 2.33. The zero-order valence-electron chi connectivity index (χ0n) is 14.5. The standard InChI is InChI=1S/C19H36OS/c1-4-6-8-10-12-14-16-18(3)21-19(20)17-15-13-11-9-7-5-2/h14,16,18H,4-13,15,17H2,1-3H3/b16-14-. The van der Waals surface area contributed by atoms with E-state index in [0.717, 1.165) is 19.3 Å². The first-order valence-electron chi connectivity index (χ1n) is 9.06. The molecule has 0 aromatic heterocycles. The molecule has 2 heteroatoms. The molecule has 1 unspecified atom stereocenters. The predicted octanol–water partition coefficient (Wildman–Crippen LogP) is 6.91. The van der Waals surface area contributed by atoms with Gasteiger partial charge in [-0.25, -0.2) is 0 Å². The second kappa shape index (κ2) is 16.1. The molecule has 0 aromatic rings. The molecular weight excluding hydrogens is 276 g/mol. The Bertz CT molecular complexity index is 260. The Morgan fingerprint density at radius 3 is 2.14 bits per heavy atom. The van der Waals surface area contributed by atoms with Crippen LogP contribution in [0.5, 0.6) is 0 Å². The van der Waals surface area contributed by atoms with Gasteiger partial charge >= 0.3 is 0 Å². The van der Waals surface area contributed by atoms with Gasteiger partial charge in [0.25, 0.3) is 0 Å². The van der Waals surface area contributed by atoms with Crippen molar-refractivity contribution in [3.8, 4) is 0 Å². The molecule has 1 nitrogen and oxygen atoms in total. The van der Waals surface area contributed by atoms with Crippen molar-refractivity contribution >= 4 is 16.9 Å². The highest BCUT2D eigenvalue weighted by molar-refractivity contribution is 8.14. The lowest BCUT2D eigenvalue weighted by Crippen LogP contribution is -1.99. The van der Waals surface area contributed by atoms with Gasteiger partial charge in [0, 0.05) is 11.7 Å². The molecule has 0 amide bonds. The smallest absolute Gasteiger partial charge is 0.189 e. The molecule has 0 rings (SSSR count). The van der Waals surface area contributed by atoms with Crippen LogP contribution < -0.4 is 0 Å². The maximum Gasteiger partial charge on any atom is 0.189 e. The first-order chi connectivity index (χ1) is 10.2. The van der Waals surface area contributed by atoms with Crippen LogP contribution in [-0.4, -0.2) is 10.4 Å². The van der Waals surface area contributed by atoms with E-state index in [0.29, 0.717) is 10.4 Å². The van der Waals surface area contributed by atoms with Gasteiger partial charge < -0.3 is 0 Å². The molecule has 0 radical (unpaired) electrons. The van der Waals surface area contributed by atoms with Crippen LogP contribution in [0.1, 0.15) is 97.8 Å². The van der Waals surface area contributed by atoms with Gasteiger partial charge in [-0.05, 0) is 26.2 Å². The first kappa shape index (κ1) is 20.8. The topological polar surface area (TPSA) is 17.1 Å². The quantitative estimate of drug-likeness (QED) is 0.256. The molecule has 0 aliphatic carbocycles. The Labute approximate surface area is 137 Å². The Morgan fingerprint density at radius 1 is 0.905 bits per heavy atom. The lowest BCUT2D eigenvalue weighted by molar-refractivity contribution is -0.111. The number of carbonyl (C=O) groups is 1. The summed E-state index contributed by atoms with van der Waals surface area (Å²) in [6, 6.07) is 0. The van der Waals surface area contributed by atoms with Crippen molar-refractivity contribution < 1.29 is 4.79 Å². The van der Waals surface area contributed by atoms with Gasteiger partial charge in [0.15, 0.2) is 5.12 Å². The number of unbranched alkanes of at least 4 members (excludes halogenated alkanes) is 9. The van der Waals surface area contributed by atoms with Crippen LogP contribution in [0.25, 0.3) is 0 Å². The first-order valence-corrected chi connectivity index (χ1v) is 9.94. The maximum atomic E-state index is 11.8. The summed E-state index contributed by atoms with van der Waals surface area (Å²) in [4.78, 5) is 11.8. The summed E-state index contributed by atoms with van der Waals surface area (Å²) in [5.74, 6) is 0. The summed E-state index contributed by atoms with van der Waals surface area (Å²) in [6.45, 7) is 6.61. The average molecular weight is 313 g/mol.